The molecule has 1 aromatic carbocycles. The van der Waals surface area contributed by atoms with Gasteiger partial charge in [-0.1, -0.05) is 11.6 Å². The Bertz CT molecular complexity index is 694. The summed E-state index contributed by atoms with van der Waals surface area (Å²) in [5.41, 5.74) is 0. The summed E-state index contributed by atoms with van der Waals surface area (Å²) in [5.74, 6) is -0.628. The molecule has 0 radical (unpaired) electrons. The fourth-order valence-corrected chi connectivity index (χ4v) is 3.63. The predicted molar refractivity (Wildman–Crippen MR) is 83.7 cm³/mol. The molecule has 0 aliphatic carbocycles. The minimum Gasteiger partial charge on any atom is -0.433 e. The van der Waals surface area contributed by atoms with Crippen LogP contribution < -0.4 is 9.46 Å². The van der Waals surface area contributed by atoms with Gasteiger partial charge in [-0.15, -0.1) is 0 Å². The first-order chi connectivity index (χ1) is 11.3. The van der Waals surface area contributed by atoms with Crippen molar-refractivity contribution in [2.45, 2.75) is 30.8 Å². The van der Waals surface area contributed by atoms with E-state index < -0.39 is 16.6 Å². The van der Waals surface area contributed by atoms with Gasteiger partial charge in [0.1, 0.15) is 5.75 Å². The topological polar surface area (TPSA) is 75.7 Å². The second-order valence-electron chi connectivity index (χ2n) is 5.24. The van der Waals surface area contributed by atoms with Gasteiger partial charge in [0.15, 0.2) is 0 Å². The normalized spacial score (nSPS) is 15.6. The van der Waals surface area contributed by atoms with Crippen molar-refractivity contribution in [3.05, 3.63) is 23.2 Å². The summed E-state index contributed by atoms with van der Waals surface area (Å²) >= 11 is 5.74. The van der Waals surface area contributed by atoms with Gasteiger partial charge in [0.25, 0.3) is 0 Å². The van der Waals surface area contributed by atoms with Crippen molar-refractivity contribution in [1.29, 1.82) is 0 Å². The Morgan fingerprint density at radius 3 is 2.54 bits per heavy atom. The standard InChI is InChI=1S/C14H17ClF2N2O4S/c15-11-8-10(4-5-12(11)23-14(16)17)24(21,22)18-9-13(20)19-6-2-1-3-7-19/h4-5,8,14,18H,1-3,6-7,9H2. The Labute approximate surface area is 143 Å². The van der Waals surface area contributed by atoms with Crippen LogP contribution in [-0.4, -0.2) is 45.5 Å². The van der Waals surface area contributed by atoms with Gasteiger partial charge in [0, 0.05) is 13.1 Å². The summed E-state index contributed by atoms with van der Waals surface area (Å²) in [4.78, 5) is 13.4. The lowest BCUT2D eigenvalue weighted by Gasteiger charge is -2.26. The van der Waals surface area contributed by atoms with E-state index in [0.717, 1.165) is 37.5 Å². The van der Waals surface area contributed by atoms with E-state index in [4.69, 9.17) is 11.6 Å². The monoisotopic (exact) mass is 382 g/mol. The fraction of sp³-hybridized carbons (Fsp3) is 0.500. The molecule has 1 N–H and O–H groups in total. The number of rotatable bonds is 6. The van der Waals surface area contributed by atoms with Gasteiger partial charge in [-0.2, -0.15) is 8.78 Å². The maximum absolute atomic E-state index is 12.2. The number of amides is 1. The molecule has 1 saturated heterocycles. The van der Waals surface area contributed by atoms with Gasteiger partial charge >= 0.3 is 6.61 Å². The molecule has 1 heterocycles. The molecule has 1 aliphatic rings. The summed E-state index contributed by atoms with van der Waals surface area (Å²) in [6, 6.07) is 3.11. The van der Waals surface area contributed by atoms with Gasteiger partial charge in [0.2, 0.25) is 15.9 Å². The van der Waals surface area contributed by atoms with Crippen LogP contribution in [0.25, 0.3) is 0 Å². The molecule has 10 heteroatoms. The highest BCUT2D eigenvalue weighted by atomic mass is 35.5. The number of halogens is 3. The molecule has 1 fully saturated rings. The summed E-state index contributed by atoms with van der Waals surface area (Å²) in [7, 11) is -3.99. The average molecular weight is 383 g/mol. The molecule has 6 nitrogen and oxygen atoms in total. The number of ether oxygens (including phenoxy) is 1. The number of alkyl halides is 2. The smallest absolute Gasteiger partial charge is 0.387 e. The summed E-state index contributed by atoms with van der Waals surface area (Å²) in [6.07, 6.45) is 2.86. The van der Waals surface area contributed by atoms with Crippen molar-refractivity contribution in [1.82, 2.24) is 9.62 Å². The molecule has 0 unspecified atom stereocenters. The number of carbonyl (C=O) groups is 1. The first kappa shape index (κ1) is 18.9. The highest BCUT2D eigenvalue weighted by molar-refractivity contribution is 7.89. The van der Waals surface area contributed by atoms with E-state index in [0.29, 0.717) is 13.1 Å². The van der Waals surface area contributed by atoms with Crippen LogP contribution in [-0.2, 0) is 14.8 Å². The second kappa shape index (κ2) is 8.09. The van der Waals surface area contributed by atoms with E-state index in [-0.39, 0.29) is 28.1 Å². The van der Waals surface area contributed by atoms with E-state index >= 15 is 0 Å². The third-order valence-corrected chi connectivity index (χ3v) is 5.25. The molecule has 0 saturated carbocycles. The quantitative estimate of drug-likeness (QED) is 0.818. The highest BCUT2D eigenvalue weighted by Crippen LogP contribution is 2.28. The lowest BCUT2D eigenvalue weighted by molar-refractivity contribution is -0.130. The Balaban J connectivity index is 2.01. The lowest BCUT2D eigenvalue weighted by Crippen LogP contribution is -2.42. The van der Waals surface area contributed by atoms with Crippen molar-refractivity contribution in [3.63, 3.8) is 0 Å². The maximum atomic E-state index is 12.2. The first-order valence-electron chi connectivity index (χ1n) is 7.31. The number of hydrogen-bond donors (Lipinski definition) is 1. The third kappa shape index (κ3) is 5.02. The molecule has 0 atom stereocenters. The van der Waals surface area contributed by atoms with E-state index in [1.807, 2.05) is 0 Å². The van der Waals surface area contributed by atoms with Crippen LogP contribution in [0.5, 0.6) is 5.75 Å². The van der Waals surface area contributed by atoms with Gasteiger partial charge < -0.3 is 9.64 Å². The minimum absolute atomic E-state index is 0.236. The van der Waals surface area contributed by atoms with Crippen molar-refractivity contribution >= 4 is 27.5 Å². The Kier molecular flexibility index (Phi) is 6.36. The van der Waals surface area contributed by atoms with Crippen LogP contribution in [0, 0.1) is 0 Å². The summed E-state index contributed by atoms with van der Waals surface area (Å²) < 4.78 is 55.0. The fourth-order valence-electron chi connectivity index (χ4n) is 2.34. The highest BCUT2D eigenvalue weighted by Gasteiger charge is 2.21. The molecule has 0 aromatic heterocycles. The molecule has 0 spiro atoms. The minimum atomic E-state index is -3.99. The molecule has 2 rings (SSSR count). The van der Waals surface area contributed by atoms with Gasteiger partial charge in [-0.05, 0) is 37.5 Å². The Morgan fingerprint density at radius 2 is 1.96 bits per heavy atom. The zero-order chi connectivity index (χ0) is 17.7. The Hall–Kier alpha value is -1.45. The van der Waals surface area contributed by atoms with Crippen molar-refractivity contribution in [3.8, 4) is 5.75 Å². The van der Waals surface area contributed by atoms with Crippen LogP contribution in [0.4, 0.5) is 8.78 Å². The van der Waals surface area contributed by atoms with Crippen molar-refractivity contribution in [2.24, 2.45) is 0 Å². The van der Waals surface area contributed by atoms with E-state index in [1.54, 1.807) is 4.90 Å². The van der Waals surface area contributed by atoms with Gasteiger partial charge in [-0.3, -0.25) is 4.79 Å². The number of carbonyl (C=O) groups excluding carboxylic acids is 1. The summed E-state index contributed by atoms with van der Waals surface area (Å²) in [6.45, 7) is -2.20. The molecular weight excluding hydrogens is 366 g/mol. The van der Waals surface area contributed by atoms with Gasteiger partial charge in [0.05, 0.1) is 16.5 Å². The van der Waals surface area contributed by atoms with Crippen LogP contribution in [0.15, 0.2) is 23.1 Å². The third-order valence-electron chi connectivity index (χ3n) is 3.55. The molecule has 24 heavy (non-hydrogen) atoms. The average Bonchev–Trinajstić information content (AvgIpc) is 2.55. The maximum Gasteiger partial charge on any atom is 0.387 e. The first-order valence-corrected chi connectivity index (χ1v) is 9.17. The zero-order valence-electron chi connectivity index (χ0n) is 12.7. The van der Waals surface area contributed by atoms with Crippen LogP contribution in [0.2, 0.25) is 5.02 Å². The van der Waals surface area contributed by atoms with E-state index in [2.05, 4.69) is 9.46 Å². The van der Waals surface area contributed by atoms with Crippen LogP contribution >= 0.6 is 11.6 Å². The lowest BCUT2D eigenvalue weighted by atomic mass is 10.1. The van der Waals surface area contributed by atoms with Crippen LogP contribution in [0.1, 0.15) is 19.3 Å². The number of piperidine rings is 1. The second-order valence-corrected chi connectivity index (χ2v) is 7.41. The Morgan fingerprint density at radius 1 is 1.29 bits per heavy atom. The molecule has 1 aromatic rings. The number of hydrogen-bond acceptors (Lipinski definition) is 4. The van der Waals surface area contributed by atoms with E-state index in [9.17, 15) is 22.0 Å². The SMILES string of the molecule is O=C(CNS(=O)(=O)c1ccc(OC(F)F)c(Cl)c1)N1CCCCC1. The molecular formula is C14H17ClF2N2O4S. The zero-order valence-corrected chi connectivity index (χ0v) is 14.2. The largest absolute Gasteiger partial charge is 0.433 e. The van der Waals surface area contributed by atoms with Crippen molar-refractivity contribution in [2.75, 3.05) is 19.6 Å². The molecule has 134 valence electrons. The number of sulfonamides is 1. The predicted octanol–water partition coefficient (Wildman–Crippen LogP) is 2.23. The molecule has 1 aliphatic heterocycles. The number of nitrogens with one attached hydrogen (secondary N) is 1. The number of likely N-dealkylation sites (tertiary alicyclic amines) is 1. The number of nitrogens with zero attached hydrogens (tertiary/aromatic N) is 1. The van der Waals surface area contributed by atoms with Crippen molar-refractivity contribution < 1.29 is 26.7 Å². The van der Waals surface area contributed by atoms with Gasteiger partial charge in [-0.25, -0.2) is 13.1 Å². The molecule has 0 bridgehead atoms. The summed E-state index contributed by atoms with van der Waals surface area (Å²) in [5, 5.41) is -0.263. The van der Waals surface area contributed by atoms with E-state index in [1.165, 1.54) is 0 Å². The number of benzene rings is 1. The molecule has 1 amide bonds. The van der Waals surface area contributed by atoms with Crippen LogP contribution in [0.3, 0.4) is 0 Å².